The highest BCUT2D eigenvalue weighted by molar-refractivity contribution is 5.77. The highest BCUT2D eigenvalue weighted by Crippen LogP contribution is 2.10. The third-order valence-corrected chi connectivity index (χ3v) is 2.70. The van der Waals surface area contributed by atoms with Crippen LogP contribution >= 0.6 is 0 Å². The molecule has 0 saturated carbocycles. The van der Waals surface area contributed by atoms with Gasteiger partial charge in [-0.25, -0.2) is 0 Å². The first-order valence-corrected chi connectivity index (χ1v) is 5.64. The number of fused-ring (bicyclic) bond motifs is 1. The van der Waals surface area contributed by atoms with Crippen LogP contribution in [-0.4, -0.2) is 9.89 Å². The Bertz CT molecular complexity index is 580. The molecule has 1 N–H and O–H groups in total. The van der Waals surface area contributed by atoms with Gasteiger partial charge >= 0.3 is 0 Å². The Hall–Kier alpha value is -2.29. The first-order chi connectivity index (χ1) is 8.42. The van der Waals surface area contributed by atoms with E-state index < -0.39 is 0 Å². The monoisotopic (exact) mass is 223 g/mol. The van der Waals surface area contributed by atoms with Gasteiger partial charge < -0.3 is 5.43 Å². The second kappa shape index (κ2) is 4.29. The summed E-state index contributed by atoms with van der Waals surface area (Å²) in [5.41, 5.74) is 5.51. The highest BCUT2D eigenvalue weighted by atomic mass is 15.5. The van der Waals surface area contributed by atoms with Crippen molar-refractivity contribution >= 4 is 10.9 Å². The maximum absolute atomic E-state index is 4.43. The Morgan fingerprint density at radius 1 is 0.941 bits per heavy atom. The van der Waals surface area contributed by atoms with Crippen molar-refractivity contribution in [3.8, 4) is 0 Å². The van der Waals surface area contributed by atoms with Gasteiger partial charge in [0.05, 0.1) is 18.3 Å². The lowest BCUT2D eigenvalue weighted by Gasteiger charge is -2.05. The van der Waals surface area contributed by atoms with E-state index >= 15 is 0 Å². The zero-order chi connectivity index (χ0) is 11.5. The molecule has 0 aliphatic carbocycles. The lowest BCUT2D eigenvalue weighted by molar-refractivity contribution is 0.741. The predicted molar refractivity (Wildman–Crippen MR) is 69.2 cm³/mol. The molecule has 0 atom stereocenters. The summed E-state index contributed by atoms with van der Waals surface area (Å²) >= 11 is 0. The van der Waals surface area contributed by atoms with E-state index in [0.717, 1.165) is 17.4 Å². The van der Waals surface area contributed by atoms with Gasteiger partial charge in [-0.1, -0.05) is 48.5 Å². The van der Waals surface area contributed by atoms with Crippen LogP contribution in [0.2, 0.25) is 0 Å². The third-order valence-electron chi connectivity index (χ3n) is 2.70. The Kier molecular flexibility index (Phi) is 2.50. The van der Waals surface area contributed by atoms with Crippen molar-refractivity contribution < 1.29 is 0 Å². The predicted octanol–water partition coefficient (Wildman–Crippen LogP) is 2.78. The summed E-state index contributed by atoms with van der Waals surface area (Å²) in [5.74, 6) is 0. The fourth-order valence-corrected chi connectivity index (χ4v) is 1.81. The zero-order valence-corrected chi connectivity index (χ0v) is 9.38. The largest absolute Gasteiger partial charge is 0.306 e. The Morgan fingerprint density at radius 3 is 2.53 bits per heavy atom. The quantitative estimate of drug-likeness (QED) is 0.740. The van der Waals surface area contributed by atoms with Gasteiger partial charge in [0.25, 0.3) is 0 Å². The maximum Gasteiger partial charge on any atom is 0.0944 e. The minimum Gasteiger partial charge on any atom is -0.306 e. The van der Waals surface area contributed by atoms with Gasteiger partial charge in [0.15, 0.2) is 0 Å². The molecule has 0 aliphatic heterocycles. The van der Waals surface area contributed by atoms with Gasteiger partial charge in [-0.2, -0.15) is 9.89 Å². The topological polar surface area (TPSA) is 29.9 Å². The molecule has 2 aromatic carbocycles. The van der Waals surface area contributed by atoms with Crippen LogP contribution in [0.5, 0.6) is 0 Å². The minimum atomic E-state index is 0.773. The van der Waals surface area contributed by atoms with Gasteiger partial charge in [-0.15, -0.1) is 0 Å². The van der Waals surface area contributed by atoms with Gasteiger partial charge in [-0.3, -0.25) is 0 Å². The van der Waals surface area contributed by atoms with Crippen molar-refractivity contribution in [2.75, 3.05) is 5.43 Å². The van der Waals surface area contributed by atoms with Crippen molar-refractivity contribution in [2.24, 2.45) is 0 Å². The molecule has 3 aromatic rings. The maximum atomic E-state index is 4.43. The number of hydrogen-bond donors (Lipinski definition) is 1. The van der Waals surface area contributed by atoms with Crippen LogP contribution in [0.25, 0.3) is 10.9 Å². The van der Waals surface area contributed by atoms with E-state index in [4.69, 9.17) is 0 Å². The van der Waals surface area contributed by atoms with Crippen LogP contribution < -0.4 is 5.43 Å². The summed E-state index contributed by atoms with van der Waals surface area (Å²) < 4.78 is 0. The average molecular weight is 223 g/mol. The lowest BCUT2D eigenvalue weighted by Crippen LogP contribution is -2.14. The third kappa shape index (κ3) is 2.13. The molecule has 0 fully saturated rings. The molecule has 0 spiro atoms. The standard InChI is InChI=1S/C14H13N3/c1-2-6-12(7-3-1)10-15-17-11-13-8-4-5-9-14(13)16-17/h1-9,11,15H,10H2. The number of benzene rings is 2. The summed E-state index contributed by atoms with van der Waals surface area (Å²) in [6, 6.07) is 18.4. The van der Waals surface area contributed by atoms with E-state index in [9.17, 15) is 0 Å². The highest BCUT2D eigenvalue weighted by Gasteiger charge is 1.98. The molecular formula is C14H13N3. The van der Waals surface area contributed by atoms with Gasteiger partial charge in [0.1, 0.15) is 0 Å². The smallest absolute Gasteiger partial charge is 0.0944 e. The van der Waals surface area contributed by atoms with Crippen molar-refractivity contribution in [2.45, 2.75) is 6.54 Å². The number of nitrogens with one attached hydrogen (secondary N) is 1. The van der Waals surface area contributed by atoms with Gasteiger partial charge in [-0.05, 0) is 11.6 Å². The molecule has 1 heterocycles. The fourth-order valence-electron chi connectivity index (χ4n) is 1.81. The van der Waals surface area contributed by atoms with Crippen molar-refractivity contribution in [1.29, 1.82) is 0 Å². The SMILES string of the molecule is c1ccc(CNn2cc3ccccc3n2)cc1. The molecular weight excluding hydrogens is 210 g/mol. The molecule has 3 nitrogen and oxygen atoms in total. The summed E-state index contributed by atoms with van der Waals surface area (Å²) in [4.78, 5) is 1.78. The van der Waals surface area contributed by atoms with Gasteiger partial charge in [0.2, 0.25) is 0 Å². The van der Waals surface area contributed by atoms with Gasteiger partial charge in [0, 0.05) is 5.39 Å². The molecule has 0 amide bonds. The molecule has 17 heavy (non-hydrogen) atoms. The van der Waals surface area contributed by atoms with E-state index in [1.165, 1.54) is 5.56 Å². The molecule has 0 unspecified atom stereocenters. The van der Waals surface area contributed by atoms with Crippen LogP contribution in [0.3, 0.4) is 0 Å². The summed E-state index contributed by atoms with van der Waals surface area (Å²) in [5, 5.41) is 5.58. The molecule has 0 aliphatic rings. The van der Waals surface area contributed by atoms with Crippen LogP contribution in [0, 0.1) is 0 Å². The van der Waals surface area contributed by atoms with Crippen molar-refractivity contribution in [3.63, 3.8) is 0 Å². The second-order valence-corrected chi connectivity index (χ2v) is 3.95. The molecule has 3 rings (SSSR count). The van der Waals surface area contributed by atoms with Crippen molar-refractivity contribution in [1.82, 2.24) is 9.89 Å². The lowest BCUT2D eigenvalue weighted by atomic mass is 10.2. The van der Waals surface area contributed by atoms with Crippen LogP contribution in [-0.2, 0) is 6.54 Å². The van der Waals surface area contributed by atoms with Crippen LogP contribution in [0.1, 0.15) is 5.56 Å². The number of aromatic nitrogens is 2. The van der Waals surface area contributed by atoms with E-state index in [1.807, 2.05) is 42.6 Å². The molecule has 3 heteroatoms. The number of hydrogen-bond acceptors (Lipinski definition) is 2. The van der Waals surface area contributed by atoms with E-state index in [-0.39, 0.29) is 0 Å². The first-order valence-electron chi connectivity index (χ1n) is 5.64. The summed E-state index contributed by atoms with van der Waals surface area (Å²) in [6.07, 6.45) is 2.00. The van der Waals surface area contributed by atoms with Crippen LogP contribution in [0.4, 0.5) is 0 Å². The van der Waals surface area contributed by atoms with E-state index in [2.05, 4.69) is 28.7 Å². The molecule has 84 valence electrons. The molecule has 0 saturated heterocycles. The average Bonchev–Trinajstić information content (AvgIpc) is 2.80. The number of nitrogens with zero attached hydrogens (tertiary/aromatic N) is 2. The summed E-state index contributed by atoms with van der Waals surface area (Å²) in [6.45, 7) is 0.773. The first kappa shape index (κ1) is 9.90. The second-order valence-electron chi connectivity index (χ2n) is 3.95. The number of rotatable bonds is 3. The summed E-state index contributed by atoms with van der Waals surface area (Å²) in [7, 11) is 0. The Labute approximate surface area is 99.7 Å². The van der Waals surface area contributed by atoms with Crippen LogP contribution in [0.15, 0.2) is 60.8 Å². The fraction of sp³-hybridized carbons (Fsp3) is 0.0714. The van der Waals surface area contributed by atoms with E-state index in [1.54, 1.807) is 4.79 Å². The normalized spacial score (nSPS) is 10.6. The Balaban J connectivity index is 1.77. The van der Waals surface area contributed by atoms with Crippen molar-refractivity contribution in [3.05, 3.63) is 66.4 Å². The van der Waals surface area contributed by atoms with E-state index in [0.29, 0.717) is 0 Å². The minimum absolute atomic E-state index is 0.773. The zero-order valence-electron chi connectivity index (χ0n) is 9.38. The molecule has 0 radical (unpaired) electrons. The Morgan fingerprint density at radius 2 is 1.71 bits per heavy atom. The molecule has 0 bridgehead atoms. The molecule has 1 aromatic heterocycles.